The molecule has 0 bridgehead atoms. The van der Waals surface area contributed by atoms with Crippen molar-refractivity contribution in [3.05, 3.63) is 41.6 Å². The lowest BCUT2D eigenvalue weighted by molar-refractivity contribution is -0.137. The predicted molar refractivity (Wildman–Crippen MR) is 89.6 cm³/mol. The second-order valence-corrected chi connectivity index (χ2v) is 6.47. The highest BCUT2D eigenvalue weighted by Crippen LogP contribution is 2.30. The van der Waals surface area contributed by atoms with Crippen LogP contribution in [0.15, 0.2) is 40.9 Å². The van der Waals surface area contributed by atoms with E-state index in [1.165, 1.54) is 44.4 Å². The molecule has 1 aliphatic heterocycles. The van der Waals surface area contributed by atoms with Crippen LogP contribution in [-0.2, 0) is 6.18 Å². The van der Waals surface area contributed by atoms with Crippen LogP contribution in [0.1, 0.15) is 31.2 Å². The van der Waals surface area contributed by atoms with Gasteiger partial charge in [0.25, 0.3) is 0 Å². The van der Waals surface area contributed by atoms with E-state index in [2.05, 4.69) is 29.5 Å². The number of halogens is 3. The molecular weight excluding hydrogens is 321 g/mol. The number of benzene rings is 1. The van der Waals surface area contributed by atoms with E-state index >= 15 is 0 Å². The fourth-order valence-corrected chi connectivity index (χ4v) is 2.49. The Balaban J connectivity index is 0.000000168. The lowest BCUT2D eigenvalue weighted by Gasteiger charge is -2.15. The summed E-state index contributed by atoms with van der Waals surface area (Å²) < 4.78 is 35.8. The zero-order chi connectivity index (χ0) is 16.7. The number of nitrogens with one attached hydrogen (secondary N) is 2. The molecule has 1 aliphatic carbocycles. The maximum atomic E-state index is 11.9. The Hall–Kier alpha value is -1.14. The van der Waals surface area contributed by atoms with E-state index < -0.39 is 11.7 Å². The van der Waals surface area contributed by atoms with Gasteiger partial charge in [0, 0.05) is 11.4 Å². The second-order valence-electron chi connectivity index (χ2n) is 5.95. The second kappa shape index (κ2) is 8.64. The normalized spacial score (nSPS) is 18.0. The Kier molecular flexibility index (Phi) is 6.84. The Morgan fingerprint density at radius 3 is 2.43 bits per heavy atom. The zero-order valence-electron chi connectivity index (χ0n) is 13.0. The van der Waals surface area contributed by atoms with E-state index in [1.807, 2.05) is 0 Å². The van der Waals surface area contributed by atoms with Gasteiger partial charge in [0.1, 0.15) is 0 Å². The van der Waals surface area contributed by atoms with Gasteiger partial charge in [0.2, 0.25) is 0 Å². The molecule has 2 N–H and O–H groups in total. The number of thiol groups is 1. The first-order valence-electron chi connectivity index (χ1n) is 7.93. The summed E-state index contributed by atoms with van der Waals surface area (Å²) in [5, 5.41) is 6.78. The summed E-state index contributed by atoms with van der Waals surface area (Å²) >= 11 is 3.79. The van der Waals surface area contributed by atoms with Crippen LogP contribution in [0.25, 0.3) is 0 Å². The largest absolute Gasteiger partial charge is 0.416 e. The number of alkyl halides is 3. The van der Waals surface area contributed by atoms with Crippen molar-refractivity contribution in [3.8, 4) is 0 Å². The SMILES string of the molecule is C(NCC1CC1)=C1CCNCC1.FC(F)(F)c1cccc(S)c1. The molecule has 6 heteroatoms. The summed E-state index contributed by atoms with van der Waals surface area (Å²) in [6.45, 7) is 3.53. The van der Waals surface area contributed by atoms with Gasteiger partial charge in [-0.3, -0.25) is 0 Å². The Morgan fingerprint density at radius 1 is 1.22 bits per heavy atom. The third kappa shape index (κ3) is 7.31. The van der Waals surface area contributed by atoms with Crippen LogP contribution in [0.2, 0.25) is 0 Å². The summed E-state index contributed by atoms with van der Waals surface area (Å²) in [6.07, 6.45) is 3.34. The van der Waals surface area contributed by atoms with Crippen molar-refractivity contribution in [2.45, 2.75) is 36.8 Å². The molecule has 128 valence electrons. The lowest BCUT2D eigenvalue weighted by Crippen LogP contribution is -2.24. The van der Waals surface area contributed by atoms with E-state index in [9.17, 15) is 13.2 Å². The lowest BCUT2D eigenvalue weighted by atomic mass is 10.1. The first kappa shape index (κ1) is 18.2. The maximum Gasteiger partial charge on any atom is 0.416 e. The Bertz CT molecular complexity index is 517. The van der Waals surface area contributed by atoms with Gasteiger partial charge in [-0.2, -0.15) is 13.2 Å². The average molecular weight is 344 g/mol. The first-order valence-corrected chi connectivity index (χ1v) is 8.38. The molecule has 0 aromatic heterocycles. The molecule has 1 saturated carbocycles. The molecule has 23 heavy (non-hydrogen) atoms. The molecule has 0 atom stereocenters. The minimum atomic E-state index is -4.27. The van der Waals surface area contributed by atoms with E-state index in [-0.39, 0.29) is 0 Å². The Morgan fingerprint density at radius 2 is 1.91 bits per heavy atom. The topological polar surface area (TPSA) is 24.1 Å². The van der Waals surface area contributed by atoms with E-state index in [0.717, 1.165) is 31.1 Å². The molecule has 3 rings (SSSR count). The van der Waals surface area contributed by atoms with Crippen molar-refractivity contribution in [3.63, 3.8) is 0 Å². The molecule has 0 spiro atoms. The minimum absolute atomic E-state index is 0.319. The molecule has 1 saturated heterocycles. The summed E-state index contributed by atoms with van der Waals surface area (Å²) in [7, 11) is 0. The quantitative estimate of drug-likeness (QED) is 0.714. The number of piperidine rings is 1. The average Bonchev–Trinajstić information content (AvgIpc) is 3.32. The van der Waals surface area contributed by atoms with Crippen LogP contribution in [-0.4, -0.2) is 19.6 Å². The molecule has 2 aliphatic rings. The summed E-state index contributed by atoms with van der Waals surface area (Å²) in [5.74, 6) is 0.989. The van der Waals surface area contributed by atoms with Crippen molar-refractivity contribution < 1.29 is 13.2 Å². The highest BCUT2D eigenvalue weighted by Gasteiger charge is 2.30. The van der Waals surface area contributed by atoms with Crippen molar-refractivity contribution in [1.29, 1.82) is 0 Å². The maximum absolute atomic E-state index is 11.9. The predicted octanol–water partition coefficient (Wildman–Crippen LogP) is 4.25. The standard InChI is InChI=1S/C10H18N2.C7H5F3S/c1-2-9(1)7-12-8-10-3-5-11-6-4-10;8-7(9,10)5-2-1-3-6(11)4-5/h8-9,11-12H,1-7H2;1-4,11H. The molecule has 0 radical (unpaired) electrons. The summed E-state index contributed by atoms with van der Waals surface area (Å²) in [4.78, 5) is 0.319. The van der Waals surface area contributed by atoms with Crippen molar-refractivity contribution in [1.82, 2.24) is 10.6 Å². The first-order chi connectivity index (χ1) is 10.9. The monoisotopic (exact) mass is 344 g/mol. The van der Waals surface area contributed by atoms with Crippen LogP contribution in [0.5, 0.6) is 0 Å². The van der Waals surface area contributed by atoms with Gasteiger partial charge in [-0.25, -0.2) is 0 Å². The highest BCUT2D eigenvalue weighted by atomic mass is 32.1. The van der Waals surface area contributed by atoms with Crippen molar-refractivity contribution in [2.75, 3.05) is 19.6 Å². The fraction of sp³-hybridized carbons (Fsp3) is 0.529. The molecule has 1 heterocycles. The van der Waals surface area contributed by atoms with Gasteiger partial charge in [-0.1, -0.05) is 11.6 Å². The molecule has 2 fully saturated rings. The molecule has 1 aromatic carbocycles. The van der Waals surface area contributed by atoms with Gasteiger partial charge in [0.05, 0.1) is 5.56 Å². The molecule has 0 amide bonds. The van der Waals surface area contributed by atoms with Gasteiger partial charge in [0.15, 0.2) is 0 Å². The van der Waals surface area contributed by atoms with Crippen molar-refractivity contribution in [2.24, 2.45) is 5.92 Å². The summed E-state index contributed by atoms with van der Waals surface area (Å²) in [6, 6.07) is 4.83. The van der Waals surface area contributed by atoms with Gasteiger partial charge < -0.3 is 10.6 Å². The molecule has 2 nitrogen and oxygen atoms in total. The van der Waals surface area contributed by atoms with Crippen molar-refractivity contribution >= 4 is 12.6 Å². The van der Waals surface area contributed by atoms with Crippen LogP contribution in [0.3, 0.4) is 0 Å². The zero-order valence-corrected chi connectivity index (χ0v) is 13.9. The third-order valence-electron chi connectivity index (χ3n) is 3.83. The highest BCUT2D eigenvalue weighted by molar-refractivity contribution is 7.80. The van der Waals surface area contributed by atoms with E-state index in [4.69, 9.17) is 0 Å². The molecule has 0 unspecified atom stereocenters. The summed E-state index contributed by atoms with van der Waals surface area (Å²) in [5.41, 5.74) is 0.930. The van der Waals surface area contributed by atoms with E-state index in [1.54, 1.807) is 5.57 Å². The fourth-order valence-electron chi connectivity index (χ4n) is 2.27. The van der Waals surface area contributed by atoms with Crippen LogP contribution in [0.4, 0.5) is 13.2 Å². The Labute approximate surface area is 141 Å². The van der Waals surface area contributed by atoms with Crippen LogP contribution < -0.4 is 10.6 Å². The molecular formula is C17H23F3N2S. The van der Waals surface area contributed by atoms with Gasteiger partial charge in [-0.15, -0.1) is 12.6 Å². The van der Waals surface area contributed by atoms with Gasteiger partial charge in [-0.05, 0) is 69.1 Å². The minimum Gasteiger partial charge on any atom is -0.391 e. The third-order valence-corrected chi connectivity index (χ3v) is 4.11. The number of rotatable bonds is 3. The van der Waals surface area contributed by atoms with Gasteiger partial charge >= 0.3 is 6.18 Å². The smallest absolute Gasteiger partial charge is 0.391 e. The number of hydrogen-bond acceptors (Lipinski definition) is 3. The van der Waals surface area contributed by atoms with Crippen LogP contribution in [0, 0.1) is 5.92 Å². The van der Waals surface area contributed by atoms with E-state index in [0.29, 0.717) is 4.90 Å². The molecule has 1 aromatic rings. The number of hydrogen-bond donors (Lipinski definition) is 3. The van der Waals surface area contributed by atoms with Crippen LogP contribution >= 0.6 is 12.6 Å².